The lowest BCUT2D eigenvalue weighted by Crippen LogP contribution is -2.32. The van der Waals surface area contributed by atoms with E-state index in [0.717, 1.165) is 29.3 Å². The van der Waals surface area contributed by atoms with Gasteiger partial charge in [-0.05, 0) is 36.8 Å². The maximum atomic E-state index is 13.6. The van der Waals surface area contributed by atoms with Crippen LogP contribution in [0.5, 0.6) is 0 Å². The molecule has 29 heavy (non-hydrogen) atoms. The van der Waals surface area contributed by atoms with Gasteiger partial charge in [0.15, 0.2) is 10.6 Å². The zero-order valence-electron chi connectivity index (χ0n) is 15.0. The van der Waals surface area contributed by atoms with Crippen molar-refractivity contribution in [3.63, 3.8) is 0 Å². The standard InChI is InChI=1S/C20H14ClF2N3O3/c1-11-5-7-12(8-6-11)13-9-10-16(26(29)18(13)21)24-20(28)25-19(27)17-14(22)3-2-4-15(17)23/h2-10,29H,1H3,(H,25,27,28). The Morgan fingerprint density at radius 3 is 2.28 bits per heavy atom. The molecule has 2 aromatic carbocycles. The normalized spacial score (nSPS) is 11.4. The van der Waals surface area contributed by atoms with Crippen molar-refractivity contribution in [1.29, 1.82) is 0 Å². The molecule has 3 rings (SSSR count). The zero-order chi connectivity index (χ0) is 21.1. The van der Waals surface area contributed by atoms with Crippen molar-refractivity contribution in [3.05, 3.63) is 88.0 Å². The van der Waals surface area contributed by atoms with Crippen LogP contribution in [0.15, 0.2) is 59.6 Å². The van der Waals surface area contributed by atoms with Crippen LogP contribution in [-0.2, 0) is 0 Å². The Kier molecular flexibility index (Phi) is 5.74. The third kappa shape index (κ3) is 4.33. The maximum absolute atomic E-state index is 13.6. The van der Waals surface area contributed by atoms with Gasteiger partial charge in [-0.15, -0.1) is 0 Å². The molecule has 2 N–H and O–H groups in total. The van der Waals surface area contributed by atoms with Crippen LogP contribution in [0.25, 0.3) is 11.1 Å². The lowest BCUT2D eigenvalue weighted by atomic mass is 10.1. The first-order valence-corrected chi connectivity index (χ1v) is 8.67. The summed E-state index contributed by atoms with van der Waals surface area (Å²) in [6.45, 7) is 1.92. The number of urea groups is 1. The van der Waals surface area contributed by atoms with Crippen LogP contribution in [0.2, 0.25) is 5.15 Å². The van der Waals surface area contributed by atoms with E-state index in [1.54, 1.807) is 5.32 Å². The molecule has 6 nitrogen and oxygen atoms in total. The van der Waals surface area contributed by atoms with Gasteiger partial charge in [-0.1, -0.05) is 47.5 Å². The molecule has 0 spiro atoms. The number of nitrogens with one attached hydrogen (secondary N) is 1. The summed E-state index contributed by atoms with van der Waals surface area (Å²) in [4.78, 5) is 27.4. The van der Waals surface area contributed by atoms with Gasteiger partial charge in [0.05, 0.1) is 0 Å². The molecule has 0 saturated heterocycles. The van der Waals surface area contributed by atoms with Gasteiger partial charge in [-0.3, -0.25) is 10.1 Å². The fourth-order valence-electron chi connectivity index (χ4n) is 2.55. The molecule has 0 atom stereocenters. The van der Waals surface area contributed by atoms with Gasteiger partial charge >= 0.3 is 6.03 Å². The monoisotopic (exact) mass is 417 g/mol. The van der Waals surface area contributed by atoms with Crippen LogP contribution in [0.3, 0.4) is 0 Å². The van der Waals surface area contributed by atoms with E-state index >= 15 is 0 Å². The van der Waals surface area contributed by atoms with Crippen molar-refractivity contribution >= 4 is 23.5 Å². The average Bonchev–Trinajstić information content (AvgIpc) is 2.66. The van der Waals surface area contributed by atoms with Crippen LogP contribution < -0.4 is 10.8 Å². The molecule has 3 amide bonds. The predicted molar refractivity (Wildman–Crippen MR) is 102 cm³/mol. The van der Waals surface area contributed by atoms with Gasteiger partial charge in [0, 0.05) is 5.56 Å². The molecule has 3 aromatic rings. The smallest absolute Gasteiger partial charge is 0.349 e. The second kappa shape index (κ2) is 8.24. The van der Waals surface area contributed by atoms with E-state index in [4.69, 9.17) is 11.6 Å². The number of carbonyl (C=O) groups is 2. The lowest BCUT2D eigenvalue weighted by molar-refractivity contribution is 0.0957. The van der Waals surface area contributed by atoms with Gasteiger partial charge in [0.1, 0.15) is 17.2 Å². The molecule has 0 unspecified atom stereocenters. The Bertz CT molecular complexity index is 1150. The van der Waals surface area contributed by atoms with Crippen LogP contribution in [0.4, 0.5) is 13.6 Å². The van der Waals surface area contributed by atoms with Crippen LogP contribution in [0, 0.1) is 18.6 Å². The molecule has 0 radical (unpaired) electrons. The van der Waals surface area contributed by atoms with Crippen molar-refractivity contribution < 1.29 is 23.6 Å². The number of nitrogens with zero attached hydrogens (tertiary/aromatic N) is 2. The molecule has 1 heterocycles. The van der Waals surface area contributed by atoms with Gasteiger partial charge in [-0.2, -0.15) is 9.72 Å². The summed E-state index contributed by atoms with van der Waals surface area (Å²) in [6.07, 6.45) is 0. The molecule has 0 saturated carbocycles. The Hall–Kier alpha value is -3.52. The molecule has 0 bridgehead atoms. The van der Waals surface area contributed by atoms with Crippen LogP contribution in [-0.4, -0.2) is 21.9 Å². The molecular formula is C20H14ClF2N3O3. The Labute approximate surface area is 168 Å². The molecule has 0 fully saturated rings. The van der Waals surface area contributed by atoms with Crippen molar-refractivity contribution in [3.8, 4) is 11.1 Å². The highest BCUT2D eigenvalue weighted by Crippen LogP contribution is 2.26. The Balaban J connectivity index is 1.88. The van der Waals surface area contributed by atoms with E-state index in [1.807, 2.05) is 31.2 Å². The summed E-state index contributed by atoms with van der Waals surface area (Å²) in [6, 6.07) is 11.8. The number of carbonyl (C=O) groups excluding carboxylic acids is 2. The summed E-state index contributed by atoms with van der Waals surface area (Å²) < 4.78 is 27.7. The lowest BCUT2D eigenvalue weighted by Gasteiger charge is -2.09. The number of benzene rings is 2. The van der Waals surface area contributed by atoms with E-state index in [-0.39, 0.29) is 10.6 Å². The van der Waals surface area contributed by atoms with Crippen molar-refractivity contribution in [2.24, 2.45) is 4.99 Å². The highest BCUT2D eigenvalue weighted by Gasteiger charge is 2.19. The maximum Gasteiger partial charge on any atom is 0.349 e. The highest BCUT2D eigenvalue weighted by molar-refractivity contribution is 6.32. The quantitative estimate of drug-likeness (QED) is 0.486. The summed E-state index contributed by atoms with van der Waals surface area (Å²) in [5.74, 6) is -3.56. The SMILES string of the molecule is Cc1ccc(-c2ccc(=NC(=O)NC(=O)c3c(F)cccc3F)n(O)c2Cl)cc1. The number of rotatable bonds is 2. The first kappa shape index (κ1) is 20.2. The van der Waals surface area contributed by atoms with Gasteiger partial charge < -0.3 is 5.21 Å². The number of aromatic nitrogens is 1. The third-order valence-corrected chi connectivity index (χ3v) is 4.38. The van der Waals surface area contributed by atoms with E-state index in [1.165, 1.54) is 12.1 Å². The Morgan fingerprint density at radius 2 is 1.66 bits per heavy atom. The molecule has 9 heteroatoms. The highest BCUT2D eigenvalue weighted by atomic mass is 35.5. The minimum atomic E-state index is -1.30. The topological polar surface area (TPSA) is 83.7 Å². The van der Waals surface area contributed by atoms with Crippen molar-refractivity contribution in [2.75, 3.05) is 0 Å². The molecule has 0 aliphatic carbocycles. The predicted octanol–water partition coefficient (Wildman–Crippen LogP) is 4.08. The molecule has 148 valence electrons. The largest absolute Gasteiger partial charge is 0.425 e. The number of hydrogen-bond acceptors (Lipinski definition) is 3. The summed E-state index contributed by atoms with van der Waals surface area (Å²) in [5.41, 5.74) is 1.05. The minimum absolute atomic E-state index is 0.116. The minimum Gasteiger partial charge on any atom is -0.425 e. The van der Waals surface area contributed by atoms with Crippen molar-refractivity contribution in [1.82, 2.24) is 10.0 Å². The fourth-order valence-corrected chi connectivity index (χ4v) is 2.81. The number of halogens is 3. The van der Waals surface area contributed by atoms with E-state index < -0.39 is 29.1 Å². The number of imide groups is 1. The van der Waals surface area contributed by atoms with Gasteiger partial charge in [0.2, 0.25) is 0 Å². The second-order valence-corrected chi connectivity index (χ2v) is 6.40. The molecule has 0 aliphatic heterocycles. The first-order chi connectivity index (χ1) is 13.8. The zero-order valence-corrected chi connectivity index (χ0v) is 15.7. The average molecular weight is 418 g/mol. The Morgan fingerprint density at radius 1 is 1.03 bits per heavy atom. The van der Waals surface area contributed by atoms with Gasteiger partial charge in [-0.25, -0.2) is 13.6 Å². The van der Waals surface area contributed by atoms with Crippen molar-refractivity contribution in [2.45, 2.75) is 6.92 Å². The number of pyridine rings is 1. The summed E-state index contributed by atoms with van der Waals surface area (Å²) in [5, 5.41) is 11.8. The van der Waals surface area contributed by atoms with E-state index in [2.05, 4.69) is 4.99 Å². The summed E-state index contributed by atoms with van der Waals surface area (Å²) >= 11 is 6.15. The first-order valence-electron chi connectivity index (χ1n) is 8.30. The van der Waals surface area contributed by atoms with Crippen LogP contribution >= 0.6 is 11.6 Å². The number of hydrogen-bond donors (Lipinski definition) is 2. The molecular weight excluding hydrogens is 404 g/mol. The summed E-state index contributed by atoms with van der Waals surface area (Å²) in [7, 11) is 0. The van der Waals surface area contributed by atoms with E-state index in [0.29, 0.717) is 10.3 Å². The van der Waals surface area contributed by atoms with Crippen LogP contribution in [0.1, 0.15) is 15.9 Å². The number of amides is 3. The van der Waals surface area contributed by atoms with Gasteiger partial charge in [0.25, 0.3) is 5.91 Å². The molecule has 1 aromatic heterocycles. The second-order valence-electron chi connectivity index (χ2n) is 6.04. The third-order valence-electron chi connectivity index (χ3n) is 4.01. The number of aryl methyl sites for hydroxylation is 1. The fraction of sp³-hybridized carbons (Fsp3) is 0.0500. The molecule has 0 aliphatic rings. The van der Waals surface area contributed by atoms with E-state index in [9.17, 15) is 23.6 Å².